The number of ether oxygens (including phenoxy) is 2. The first-order valence-corrected chi connectivity index (χ1v) is 12.0. The highest BCUT2D eigenvalue weighted by Crippen LogP contribution is 2.08. The fourth-order valence-corrected chi connectivity index (χ4v) is 3.28. The number of aliphatic imine (C=N–C) groups is 1. The number of carbonyl (C=O) groups excluding carboxylic acids is 3. The van der Waals surface area contributed by atoms with Gasteiger partial charge in [0.15, 0.2) is 5.96 Å². The number of nitrogens with zero attached hydrogens (tertiary/aromatic N) is 1. The summed E-state index contributed by atoms with van der Waals surface area (Å²) in [5, 5.41) is 14.3. The molecular formula is C26H33N5O7. The van der Waals surface area contributed by atoms with Crippen LogP contribution in [0.15, 0.2) is 65.7 Å². The molecule has 0 saturated heterocycles. The lowest BCUT2D eigenvalue weighted by Crippen LogP contribution is -2.51. The number of esters is 1. The van der Waals surface area contributed by atoms with E-state index in [9.17, 15) is 24.3 Å². The van der Waals surface area contributed by atoms with Crippen molar-refractivity contribution in [3.05, 3.63) is 71.8 Å². The van der Waals surface area contributed by atoms with Gasteiger partial charge in [0.2, 0.25) is 5.91 Å². The van der Waals surface area contributed by atoms with Crippen LogP contribution in [-0.4, -0.2) is 53.6 Å². The summed E-state index contributed by atoms with van der Waals surface area (Å²) in [7, 11) is 0. The van der Waals surface area contributed by atoms with Crippen molar-refractivity contribution in [1.29, 1.82) is 0 Å². The van der Waals surface area contributed by atoms with E-state index in [1.54, 1.807) is 36.4 Å². The number of guanidine groups is 1. The number of aliphatic carboxylic acids is 1. The summed E-state index contributed by atoms with van der Waals surface area (Å²) in [6, 6.07) is 15.5. The van der Waals surface area contributed by atoms with Crippen LogP contribution in [-0.2, 0) is 37.1 Å². The van der Waals surface area contributed by atoms with Crippen LogP contribution in [0.25, 0.3) is 0 Å². The van der Waals surface area contributed by atoms with E-state index in [2.05, 4.69) is 15.6 Å². The zero-order valence-corrected chi connectivity index (χ0v) is 20.9. The summed E-state index contributed by atoms with van der Waals surface area (Å²) in [5.41, 5.74) is 12.1. The zero-order chi connectivity index (χ0) is 27.8. The molecule has 12 heteroatoms. The molecular weight excluding hydrogens is 494 g/mol. The van der Waals surface area contributed by atoms with Crippen LogP contribution in [0.3, 0.4) is 0 Å². The minimum absolute atomic E-state index is 0.0390. The zero-order valence-electron chi connectivity index (χ0n) is 20.9. The number of amides is 2. The summed E-state index contributed by atoms with van der Waals surface area (Å²) in [6.07, 6.45) is -0.904. The number of alkyl carbamates (subject to hydrolysis) is 1. The molecule has 0 heterocycles. The number of carboxylic acid groups (broad SMARTS) is 1. The van der Waals surface area contributed by atoms with Crippen LogP contribution < -0.4 is 22.1 Å². The van der Waals surface area contributed by atoms with Gasteiger partial charge in [0.05, 0.1) is 0 Å². The van der Waals surface area contributed by atoms with Gasteiger partial charge >= 0.3 is 18.0 Å². The predicted octanol–water partition coefficient (Wildman–Crippen LogP) is 1.43. The Kier molecular flexibility index (Phi) is 12.6. The third-order valence-corrected chi connectivity index (χ3v) is 5.26. The molecule has 0 aromatic heterocycles. The third-order valence-electron chi connectivity index (χ3n) is 5.26. The van der Waals surface area contributed by atoms with Crippen LogP contribution in [0.5, 0.6) is 0 Å². The van der Waals surface area contributed by atoms with Gasteiger partial charge in [-0.2, -0.15) is 0 Å². The number of nitrogens with one attached hydrogen (secondary N) is 2. The van der Waals surface area contributed by atoms with E-state index in [0.717, 1.165) is 11.1 Å². The van der Waals surface area contributed by atoms with E-state index in [1.165, 1.54) is 0 Å². The number of carboxylic acids is 1. The molecule has 0 unspecified atom stereocenters. The van der Waals surface area contributed by atoms with Crippen molar-refractivity contribution in [2.45, 2.75) is 51.0 Å². The fourth-order valence-electron chi connectivity index (χ4n) is 3.28. The van der Waals surface area contributed by atoms with Gasteiger partial charge in [-0.25, -0.2) is 9.59 Å². The Labute approximate surface area is 220 Å². The first kappa shape index (κ1) is 29.6. The fraction of sp³-hybridized carbons (Fsp3) is 0.346. The lowest BCUT2D eigenvalue weighted by Gasteiger charge is -2.21. The Morgan fingerprint density at radius 2 is 1.39 bits per heavy atom. The Morgan fingerprint density at radius 3 is 1.95 bits per heavy atom. The molecule has 2 amide bonds. The summed E-state index contributed by atoms with van der Waals surface area (Å²) >= 11 is 0. The van der Waals surface area contributed by atoms with Gasteiger partial charge in [0.1, 0.15) is 25.3 Å². The summed E-state index contributed by atoms with van der Waals surface area (Å²) in [4.78, 5) is 53.1. The van der Waals surface area contributed by atoms with E-state index in [0.29, 0.717) is 0 Å². The van der Waals surface area contributed by atoms with Crippen LogP contribution in [0, 0.1) is 0 Å². The molecule has 7 N–H and O–H groups in total. The largest absolute Gasteiger partial charge is 0.480 e. The quantitative estimate of drug-likeness (QED) is 0.0985. The second kappa shape index (κ2) is 16.2. The van der Waals surface area contributed by atoms with Crippen molar-refractivity contribution in [3.63, 3.8) is 0 Å². The van der Waals surface area contributed by atoms with E-state index >= 15 is 0 Å². The number of nitrogens with two attached hydrogens (primary N) is 2. The Morgan fingerprint density at radius 1 is 0.816 bits per heavy atom. The molecule has 2 rings (SSSR count). The standard InChI is InChI=1S/C26H33N5O7/c27-25(28)29-15-7-12-21(24(34)35)30-23(33)20(31-26(36)38-17-19-10-5-2-6-11-19)13-14-22(32)37-16-18-8-3-1-4-9-18/h1-6,8-11,20-21H,7,12-17H2,(H,30,33)(H,31,36)(H,34,35)(H4,27,28,29)/t20-,21-/m0/s1. The topological polar surface area (TPSA) is 195 Å². The van der Waals surface area contributed by atoms with E-state index in [4.69, 9.17) is 20.9 Å². The maximum absolute atomic E-state index is 12.9. The van der Waals surface area contributed by atoms with E-state index in [1.807, 2.05) is 24.3 Å². The van der Waals surface area contributed by atoms with Crippen LogP contribution in [0.4, 0.5) is 4.79 Å². The molecule has 2 aromatic rings. The van der Waals surface area contributed by atoms with Crippen LogP contribution in [0.2, 0.25) is 0 Å². The first-order chi connectivity index (χ1) is 18.2. The van der Waals surface area contributed by atoms with E-state index in [-0.39, 0.29) is 51.4 Å². The molecule has 0 bridgehead atoms. The monoisotopic (exact) mass is 527 g/mol. The summed E-state index contributed by atoms with van der Waals surface area (Å²) < 4.78 is 10.4. The molecule has 0 radical (unpaired) electrons. The third kappa shape index (κ3) is 11.9. The van der Waals surface area contributed by atoms with Crippen molar-refractivity contribution >= 4 is 29.9 Å². The average Bonchev–Trinajstić information content (AvgIpc) is 2.91. The molecule has 0 fully saturated rings. The lowest BCUT2D eigenvalue weighted by atomic mass is 10.1. The van der Waals surface area contributed by atoms with Crippen LogP contribution >= 0.6 is 0 Å². The molecule has 2 aromatic carbocycles. The lowest BCUT2D eigenvalue weighted by molar-refractivity contribution is -0.146. The number of rotatable bonds is 15. The highest BCUT2D eigenvalue weighted by Gasteiger charge is 2.27. The predicted molar refractivity (Wildman–Crippen MR) is 138 cm³/mol. The van der Waals surface area contributed by atoms with Gasteiger partial charge < -0.3 is 36.7 Å². The SMILES string of the molecule is NC(N)=NCCC[C@H](NC(=O)[C@H](CCC(=O)OCc1ccccc1)NC(=O)OCc1ccccc1)C(=O)O. The van der Waals surface area contributed by atoms with Crippen molar-refractivity contribution in [2.24, 2.45) is 16.5 Å². The normalized spacial score (nSPS) is 11.9. The molecule has 0 aliphatic heterocycles. The number of hydrogen-bond donors (Lipinski definition) is 5. The molecule has 0 aliphatic carbocycles. The average molecular weight is 528 g/mol. The van der Waals surface area contributed by atoms with Crippen molar-refractivity contribution in [3.8, 4) is 0 Å². The highest BCUT2D eigenvalue weighted by molar-refractivity contribution is 5.89. The van der Waals surface area contributed by atoms with Crippen molar-refractivity contribution in [1.82, 2.24) is 10.6 Å². The van der Waals surface area contributed by atoms with Crippen molar-refractivity contribution in [2.75, 3.05) is 6.54 Å². The minimum Gasteiger partial charge on any atom is -0.480 e. The number of benzene rings is 2. The smallest absolute Gasteiger partial charge is 0.408 e. The summed E-state index contributed by atoms with van der Waals surface area (Å²) in [6.45, 7) is 0.200. The number of carbonyl (C=O) groups is 4. The highest BCUT2D eigenvalue weighted by atomic mass is 16.5. The Balaban J connectivity index is 1.98. The minimum atomic E-state index is -1.27. The molecule has 38 heavy (non-hydrogen) atoms. The molecule has 0 saturated carbocycles. The molecule has 204 valence electrons. The maximum Gasteiger partial charge on any atom is 0.408 e. The summed E-state index contributed by atoms with van der Waals surface area (Å²) in [5.74, 6) is -2.76. The van der Waals surface area contributed by atoms with Gasteiger partial charge in [-0.1, -0.05) is 60.7 Å². The van der Waals surface area contributed by atoms with Crippen molar-refractivity contribution < 1.29 is 33.8 Å². The van der Waals surface area contributed by atoms with E-state index < -0.39 is 36.0 Å². The number of hydrogen-bond acceptors (Lipinski definition) is 7. The molecule has 0 aliphatic rings. The van der Waals surface area contributed by atoms with Gasteiger partial charge in [-0.15, -0.1) is 0 Å². The second-order valence-electron chi connectivity index (χ2n) is 8.29. The second-order valence-corrected chi connectivity index (χ2v) is 8.29. The van der Waals surface area contributed by atoms with Gasteiger partial charge in [-0.3, -0.25) is 14.6 Å². The Hall–Kier alpha value is -4.61. The van der Waals surface area contributed by atoms with Crippen LogP contribution in [0.1, 0.15) is 36.8 Å². The van der Waals surface area contributed by atoms with Gasteiger partial charge in [0, 0.05) is 13.0 Å². The van der Waals surface area contributed by atoms with Gasteiger partial charge in [-0.05, 0) is 30.4 Å². The molecule has 2 atom stereocenters. The molecule has 0 spiro atoms. The first-order valence-electron chi connectivity index (χ1n) is 12.0. The maximum atomic E-state index is 12.9. The Bertz CT molecular complexity index is 1080. The molecule has 12 nitrogen and oxygen atoms in total. The van der Waals surface area contributed by atoms with Gasteiger partial charge in [0.25, 0.3) is 0 Å².